The van der Waals surface area contributed by atoms with Crippen molar-refractivity contribution < 1.29 is 14.4 Å². The number of amides is 3. The van der Waals surface area contributed by atoms with Crippen LogP contribution in [0.4, 0.5) is 17.1 Å². The molecule has 33 heavy (non-hydrogen) atoms. The summed E-state index contributed by atoms with van der Waals surface area (Å²) in [7, 11) is 1.87. The fourth-order valence-electron chi connectivity index (χ4n) is 3.43. The predicted molar refractivity (Wildman–Crippen MR) is 130 cm³/mol. The lowest BCUT2D eigenvalue weighted by atomic mass is 10.2. The molecule has 1 saturated heterocycles. The van der Waals surface area contributed by atoms with Gasteiger partial charge in [-0.15, -0.1) is 0 Å². The number of rotatable bonds is 7. The summed E-state index contributed by atoms with van der Waals surface area (Å²) in [4.78, 5) is 42.5. The topological polar surface area (TPSA) is 96.3 Å². The van der Waals surface area contributed by atoms with Crippen LogP contribution >= 0.6 is 23.4 Å². The van der Waals surface area contributed by atoms with Gasteiger partial charge in [0.15, 0.2) is 5.16 Å². The van der Waals surface area contributed by atoms with Crippen molar-refractivity contribution in [3.63, 3.8) is 0 Å². The fraction of sp³-hybridized carbons (Fsp3) is 0.217. The molecule has 0 bridgehead atoms. The third kappa shape index (κ3) is 5.55. The van der Waals surface area contributed by atoms with Gasteiger partial charge in [-0.05, 0) is 48.9 Å². The van der Waals surface area contributed by atoms with E-state index in [1.54, 1.807) is 53.6 Å². The summed E-state index contributed by atoms with van der Waals surface area (Å²) >= 11 is 7.69. The van der Waals surface area contributed by atoms with Gasteiger partial charge in [0.1, 0.15) is 0 Å². The number of aryl methyl sites for hydroxylation is 1. The molecule has 4 rings (SSSR count). The number of thioether (sulfide) groups is 1. The average molecular weight is 484 g/mol. The molecule has 2 N–H and O–H groups in total. The first-order valence-electron chi connectivity index (χ1n) is 10.3. The number of anilines is 3. The van der Waals surface area contributed by atoms with Crippen LogP contribution in [0.25, 0.3) is 0 Å². The third-order valence-electron chi connectivity index (χ3n) is 5.11. The van der Waals surface area contributed by atoms with E-state index in [-0.39, 0.29) is 23.5 Å². The van der Waals surface area contributed by atoms with Gasteiger partial charge in [0.25, 0.3) is 5.91 Å². The molecule has 10 heteroatoms. The number of benzene rings is 2. The monoisotopic (exact) mass is 483 g/mol. The van der Waals surface area contributed by atoms with Gasteiger partial charge in [-0.2, -0.15) is 0 Å². The summed E-state index contributed by atoms with van der Waals surface area (Å²) < 4.78 is 1.85. The minimum Gasteiger partial charge on any atom is -0.329 e. The van der Waals surface area contributed by atoms with Crippen LogP contribution in [0, 0.1) is 0 Å². The van der Waals surface area contributed by atoms with Crippen molar-refractivity contribution in [3.8, 4) is 0 Å². The van der Waals surface area contributed by atoms with Gasteiger partial charge in [0.05, 0.1) is 16.5 Å². The Hall–Kier alpha value is -3.30. The van der Waals surface area contributed by atoms with Crippen molar-refractivity contribution in [2.45, 2.75) is 18.0 Å². The molecule has 0 spiro atoms. The largest absolute Gasteiger partial charge is 0.329 e. The molecule has 3 amide bonds. The molecule has 170 valence electrons. The first kappa shape index (κ1) is 22.9. The standard InChI is InChI=1S/C23H22ClN5O3S/c1-28-12-10-25-23(28)33-14-20(30)26-16-6-4-15(5-7-16)22(32)27-17-8-9-19(18(24)13-17)29-11-2-3-21(29)31/h4-10,12-13H,2-3,11,14H2,1H3,(H,26,30)(H,27,32). The van der Waals surface area contributed by atoms with E-state index in [4.69, 9.17) is 11.6 Å². The maximum Gasteiger partial charge on any atom is 0.255 e. The van der Waals surface area contributed by atoms with E-state index in [0.717, 1.165) is 11.6 Å². The number of nitrogens with zero attached hydrogens (tertiary/aromatic N) is 3. The van der Waals surface area contributed by atoms with Crippen LogP contribution in [0.5, 0.6) is 0 Å². The van der Waals surface area contributed by atoms with E-state index in [0.29, 0.717) is 40.6 Å². The van der Waals surface area contributed by atoms with Crippen molar-refractivity contribution in [3.05, 3.63) is 65.4 Å². The van der Waals surface area contributed by atoms with Gasteiger partial charge in [-0.1, -0.05) is 23.4 Å². The second-order valence-electron chi connectivity index (χ2n) is 7.50. The van der Waals surface area contributed by atoms with Crippen molar-refractivity contribution >= 4 is 58.1 Å². The van der Waals surface area contributed by atoms with Crippen molar-refractivity contribution in [1.82, 2.24) is 9.55 Å². The zero-order valence-corrected chi connectivity index (χ0v) is 19.4. The van der Waals surface area contributed by atoms with Crippen LogP contribution in [0.1, 0.15) is 23.2 Å². The van der Waals surface area contributed by atoms with E-state index < -0.39 is 0 Å². The lowest BCUT2D eigenvalue weighted by molar-refractivity contribution is -0.117. The highest BCUT2D eigenvalue weighted by atomic mass is 35.5. The van der Waals surface area contributed by atoms with Gasteiger partial charge in [-0.25, -0.2) is 4.98 Å². The van der Waals surface area contributed by atoms with Crippen LogP contribution in [0.2, 0.25) is 5.02 Å². The number of hydrogen-bond acceptors (Lipinski definition) is 5. The minimum absolute atomic E-state index is 0.0519. The molecule has 1 fully saturated rings. The lowest BCUT2D eigenvalue weighted by Crippen LogP contribution is -2.24. The number of imidazole rings is 1. The van der Waals surface area contributed by atoms with Crippen LogP contribution in [0.3, 0.4) is 0 Å². The summed E-state index contributed by atoms with van der Waals surface area (Å²) in [6.07, 6.45) is 4.84. The highest BCUT2D eigenvalue weighted by Gasteiger charge is 2.23. The number of carbonyl (C=O) groups excluding carboxylic acids is 3. The molecular formula is C23H22ClN5O3S. The summed E-state index contributed by atoms with van der Waals surface area (Å²) in [5.74, 6) is -0.186. The van der Waals surface area contributed by atoms with Gasteiger partial charge < -0.3 is 20.1 Å². The average Bonchev–Trinajstić information content (AvgIpc) is 3.40. The summed E-state index contributed by atoms with van der Waals surface area (Å²) in [6.45, 7) is 0.648. The van der Waals surface area contributed by atoms with Crippen LogP contribution < -0.4 is 15.5 Å². The Morgan fingerprint density at radius 3 is 2.52 bits per heavy atom. The number of nitrogens with one attached hydrogen (secondary N) is 2. The molecule has 1 aliphatic rings. The molecule has 0 radical (unpaired) electrons. The zero-order chi connectivity index (χ0) is 23.4. The second-order valence-corrected chi connectivity index (χ2v) is 8.85. The van der Waals surface area contributed by atoms with Crippen LogP contribution in [0.15, 0.2) is 60.0 Å². The number of carbonyl (C=O) groups is 3. The maximum absolute atomic E-state index is 12.6. The smallest absolute Gasteiger partial charge is 0.255 e. The van der Waals surface area contributed by atoms with Crippen LogP contribution in [-0.2, 0) is 16.6 Å². The number of hydrogen-bond donors (Lipinski definition) is 2. The molecular weight excluding hydrogens is 462 g/mol. The van der Waals surface area contributed by atoms with E-state index in [9.17, 15) is 14.4 Å². The molecule has 0 saturated carbocycles. The summed E-state index contributed by atoms with van der Waals surface area (Å²) in [5, 5.41) is 6.78. The summed E-state index contributed by atoms with van der Waals surface area (Å²) in [6, 6.07) is 11.7. The van der Waals surface area contributed by atoms with Gasteiger partial charge in [0, 0.05) is 49.3 Å². The molecule has 0 unspecified atom stereocenters. The fourth-order valence-corrected chi connectivity index (χ4v) is 4.45. The molecule has 3 aromatic rings. The van der Waals surface area contributed by atoms with Crippen molar-refractivity contribution in [1.29, 1.82) is 0 Å². The van der Waals surface area contributed by atoms with E-state index >= 15 is 0 Å². The van der Waals surface area contributed by atoms with E-state index in [1.807, 2.05) is 17.8 Å². The SMILES string of the molecule is Cn1ccnc1SCC(=O)Nc1ccc(C(=O)Nc2ccc(N3CCCC3=O)c(Cl)c2)cc1. The van der Waals surface area contributed by atoms with Crippen molar-refractivity contribution in [2.75, 3.05) is 27.8 Å². The van der Waals surface area contributed by atoms with Crippen molar-refractivity contribution in [2.24, 2.45) is 7.05 Å². The zero-order valence-electron chi connectivity index (χ0n) is 17.9. The normalized spacial score (nSPS) is 13.3. The first-order chi connectivity index (χ1) is 15.9. The predicted octanol–water partition coefficient (Wildman–Crippen LogP) is 4.18. The highest BCUT2D eigenvalue weighted by Crippen LogP contribution is 2.31. The summed E-state index contributed by atoms with van der Waals surface area (Å²) in [5.41, 5.74) is 2.22. The highest BCUT2D eigenvalue weighted by molar-refractivity contribution is 7.99. The molecule has 1 aliphatic heterocycles. The Labute approximate surface area is 200 Å². The first-order valence-corrected chi connectivity index (χ1v) is 11.7. The lowest BCUT2D eigenvalue weighted by Gasteiger charge is -2.18. The Balaban J connectivity index is 1.32. The molecule has 8 nitrogen and oxygen atoms in total. The second kappa shape index (κ2) is 10.1. The molecule has 0 atom stereocenters. The van der Waals surface area contributed by atoms with Crippen LogP contribution in [-0.4, -0.2) is 39.6 Å². The van der Waals surface area contributed by atoms with Gasteiger partial charge in [-0.3, -0.25) is 14.4 Å². The Bertz CT molecular complexity index is 1200. The van der Waals surface area contributed by atoms with Gasteiger partial charge >= 0.3 is 0 Å². The Morgan fingerprint density at radius 1 is 1.12 bits per heavy atom. The number of halogens is 1. The van der Waals surface area contributed by atoms with E-state index in [2.05, 4.69) is 15.6 Å². The molecule has 2 aromatic carbocycles. The number of aromatic nitrogens is 2. The van der Waals surface area contributed by atoms with E-state index in [1.165, 1.54) is 11.8 Å². The minimum atomic E-state index is -0.306. The quantitative estimate of drug-likeness (QED) is 0.491. The maximum atomic E-state index is 12.6. The Morgan fingerprint density at radius 2 is 1.88 bits per heavy atom. The molecule has 2 heterocycles. The molecule has 0 aliphatic carbocycles. The third-order valence-corrected chi connectivity index (χ3v) is 6.47. The van der Waals surface area contributed by atoms with Gasteiger partial charge in [0.2, 0.25) is 11.8 Å². The molecule has 1 aromatic heterocycles. The Kier molecular flexibility index (Phi) is 7.00.